The summed E-state index contributed by atoms with van der Waals surface area (Å²) < 4.78 is 17.1. The number of ether oxygens (including phenoxy) is 3. The van der Waals surface area contributed by atoms with Gasteiger partial charge in [-0.25, -0.2) is 0 Å². The van der Waals surface area contributed by atoms with E-state index in [2.05, 4.69) is 0 Å². The van der Waals surface area contributed by atoms with Crippen LogP contribution in [0, 0.1) is 0 Å². The van der Waals surface area contributed by atoms with Crippen molar-refractivity contribution in [3.05, 3.63) is 51.6 Å². The van der Waals surface area contributed by atoms with Crippen LogP contribution in [-0.4, -0.2) is 75.0 Å². The fourth-order valence-corrected chi connectivity index (χ4v) is 5.66. The molecule has 1 saturated heterocycles. The summed E-state index contributed by atoms with van der Waals surface area (Å²) in [6, 6.07) is 3.75. The standard InChI is InChI=1S/C27H29NO10/c1-10-22(30)14(28)7-17(37-10)38-16-9-27(35,11(2)29)8-13-19(16)26(34)21-20(24(13)32)23(31)12-5-4-6-15(36-3)18(12)25(21)33/h4-6,10,14,16-17,22,30,32,34-35H,7-9,28H2,1-3H3/t10-,14+,16+,17+,22-,27+/m1/s1. The van der Waals surface area contributed by atoms with Gasteiger partial charge in [-0.15, -0.1) is 0 Å². The number of nitrogens with two attached hydrogens (primary N) is 1. The van der Waals surface area contributed by atoms with Gasteiger partial charge in [0.1, 0.15) is 22.8 Å². The zero-order chi connectivity index (χ0) is 27.7. The maximum Gasteiger partial charge on any atom is 0.202 e. The first-order chi connectivity index (χ1) is 17.9. The highest BCUT2D eigenvalue weighted by Crippen LogP contribution is 2.52. The highest BCUT2D eigenvalue weighted by Gasteiger charge is 2.49. The second-order valence-electron chi connectivity index (χ2n) is 10.1. The lowest BCUT2D eigenvalue weighted by Crippen LogP contribution is -2.52. The van der Waals surface area contributed by atoms with E-state index in [9.17, 15) is 34.8 Å². The van der Waals surface area contributed by atoms with Crippen LogP contribution in [0.3, 0.4) is 0 Å². The van der Waals surface area contributed by atoms with Crippen molar-refractivity contribution < 1.29 is 49.0 Å². The molecule has 3 aliphatic rings. The van der Waals surface area contributed by atoms with Gasteiger partial charge in [0, 0.05) is 42.0 Å². The van der Waals surface area contributed by atoms with Crippen LogP contribution in [0.4, 0.5) is 0 Å². The Morgan fingerprint density at radius 1 is 1.13 bits per heavy atom. The number of carbonyl (C=O) groups excluding carboxylic acids is 3. The normalized spacial score (nSPS) is 30.3. The van der Waals surface area contributed by atoms with Gasteiger partial charge < -0.3 is 40.4 Å². The zero-order valence-electron chi connectivity index (χ0n) is 21.1. The summed E-state index contributed by atoms with van der Waals surface area (Å²) in [7, 11) is 1.34. The van der Waals surface area contributed by atoms with Crippen molar-refractivity contribution >= 4 is 17.3 Å². The Labute approximate surface area is 217 Å². The number of methoxy groups -OCH3 is 1. The highest BCUT2D eigenvalue weighted by molar-refractivity contribution is 6.31. The molecular formula is C27H29NO10. The molecule has 0 radical (unpaired) electrons. The molecule has 11 heteroatoms. The summed E-state index contributed by atoms with van der Waals surface area (Å²) in [4.78, 5) is 39.6. The lowest BCUT2D eigenvalue weighted by atomic mass is 9.72. The van der Waals surface area contributed by atoms with Crippen LogP contribution >= 0.6 is 0 Å². The topological polar surface area (TPSA) is 186 Å². The maximum atomic E-state index is 13.6. The number of aromatic hydroxyl groups is 2. The smallest absolute Gasteiger partial charge is 0.202 e. The molecule has 1 aliphatic heterocycles. The molecule has 0 unspecified atom stereocenters. The van der Waals surface area contributed by atoms with Crippen molar-refractivity contribution in [3.8, 4) is 17.2 Å². The molecule has 2 aliphatic carbocycles. The van der Waals surface area contributed by atoms with Gasteiger partial charge in [0.05, 0.1) is 42.1 Å². The molecular weight excluding hydrogens is 498 g/mol. The third-order valence-electron chi connectivity index (χ3n) is 7.80. The molecule has 38 heavy (non-hydrogen) atoms. The quantitative estimate of drug-likeness (QED) is 0.305. The number of ketones is 3. The number of phenols is 2. The SMILES string of the molecule is COc1cccc2c1C(=O)c1c(O)c3c(c(O)c1C2=O)C[C@@](O)(C(C)=O)C[C@@H]3O[C@H]1C[C@H](N)[C@H](O)[C@@H](C)O1. The van der Waals surface area contributed by atoms with Crippen molar-refractivity contribution in [1.29, 1.82) is 0 Å². The number of aliphatic hydroxyl groups is 2. The molecule has 1 fully saturated rings. The minimum absolute atomic E-state index is 0.0147. The van der Waals surface area contributed by atoms with Crippen molar-refractivity contribution in [1.82, 2.24) is 0 Å². The molecule has 2 aromatic rings. The number of benzene rings is 2. The van der Waals surface area contributed by atoms with Crippen molar-refractivity contribution in [2.24, 2.45) is 5.73 Å². The number of phenolic OH excluding ortho intramolecular Hbond substituents is 2. The molecule has 202 valence electrons. The highest BCUT2D eigenvalue weighted by atomic mass is 16.7. The number of fused-ring (bicyclic) bond motifs is 3. The molecule has 0 spiro atoms. The zero-order valence-corrected chi connectivity index (χ0v) is 21.1. The summed E-state index contributed by atoms with van der Waals surface area (Å²) >= 11 is 0. The van der Waals surface area contributed by atoms with Gasteiger partial charge in [0.2, 0.25) is 5.78 Å². The first-order valence-corrected chi connectivity index (χ1v) is 12.2. The van der Waals surface area contributed by atoms with Gasteiger partial charge in [-0.1, -0.05) is 12.1 Å². The first kappa shape index (κ1) is 26.3. The van der Waals surface area contributed by atoms with Crippen LogP contribution < -0.4 is 10.5 Å². The Kier molecular flexibility index (Phi) is 6.32. The summed E-state index contributed by atoms with van der Waals surface area (Å²) in [5, 5.41) is 44.1. The number of Topliss-reactive ketones (excluding diaryl/α,β-unsaturated/α-hetero) is 1. The number of hydrogen-bond acceptors (Lipinski definition) is 11. The van der Waals surface area contributed by atoms with E-state index >= 15 is 0 Å². The molecule has 0 amide bonds. The van der Waals surface area contributed by atoms with Crippen molar-refractivity contribution in [3.63, 3.8) is 0 Å². The molecule has 5 rings (SSSR count). The van der Waals surface area contributed by atoms with Gasteiger partial charge in [0.15, 0.2) is 17.9 Å². The van der Waals surface area contributed by atoms with Crippen LogP contribution in [0.2, 0.25) is 0 Å². The van der Waals surface area contributed by atoms with E-state index < -0.39 is 82.6 Å². The predicted octanol–water partition coefficient (Wildman–Crippen LogP) is 1.03. The number of hydrogen-bond donors (Lipinski definition) is 5. The second-order valence-corrected chi connectivity index (χ2v) is 10.1. The van der Waals surface area contributed by atoms with Crippen LogP contribution in [0.15, 0.2) is 18.2 Å². The van der Waals surface area contributed by atoms with Gasteiger partial charge in [-0.2, -0.15) is 0 Å². The molecule has 6 N–H and O–H groups in total. The number of aliphatic hydroxyl groups excluding tert-OH is 1. The Balaban J connectivity index is 1.68. The second kappa shape index (κ2) is 9.14. The molecule has 0 saturated carbocycles. The summed E-state index contributed by atoms with van der Waals surface area (Å²) in [5.41, 5.74) is 2.97. The van der Waals surface area contributed by atoms with Gasteiger partial charge >= 0.3 is 0 Å². The maximum absolute atomic E-state index is 13.6. The fraction of sp³-hybridized carbons (Fsp3) is 0.444. The Bertz CT molecular complexity index is 1360. The largest absolute Gasteiger partial charge is 0.507 e. The van der Waals surface area contributed by atoms with Crippen LogP contribution in [0.25, 0.3) is 0 Å². The average molecular weight is 528 g/mol. The molecule has 11 nitrogen and oxygen atoms in total. The monoisotopic (exact) mass is 527 g/mol. The van der Waals surface area contributed by atoms with E-state index in [0.717, 1.165) is 0 Å². The number of rotatable bonds is 4. The van der Waals surface area contributed by atoms with Crippen LogP contribution in [0.1, 0.15) is 75.8 Å². The summed E-state index contributed by atoms with van der Waals surface area (Å²) in [6.45, 7) is 2.79. The predicted molar refractivity (Wildman–Crippen MR) is 130 cm³/mol. The van der Waals surface area contributed by atoms with Gasteiger partial charge in [-0.3, -0.25) is 14.4 Å². The van der Waals surface area contributed by atoms with Crippen molar-refractivity contribution in [2.45, 2.75) is 69.4 Å². The van der Waals surface area contributed by atoms with Crippen LogP contribution in [0.5, 0.6) is 17.2 Å². The average Bonchev–Trinajstić information content (AvgIpc) is 2.87. The van der Waals surface area contributed by atoms with E-state index in [1.807, 2.05) is 0 Å². The van der Waals surface area contributed by atoms with Crippen molar-refractivity contribution in [2.75, 3.05) is 7.11 Å². The lowest BCUT2D eigenvalue weighted by molar-refractivity contribution is -0.247. The van der Waals surface area contributed by atoms with E-state index in [1.165, 1.54) is 32.2 Å². The van der Waals surface area contributed by atoms with E-state index in [0.29, 0.717) is 0 Å². The Morgan fingerprint density at radius 2 is 1.82 bits per heavy atom. The number of carbonyl (C=O) groups is 3. The summed E-state index contributed by atoms with van der Waals surface area (Å²) in [5.74, 6) is -3.18. The Hall–Kier alpha value is -3.35. The molecule has 6 atom stereocenters. The Morgan fingerprint density at radius 3 is 2.45 bits per heavy atom. The van der Waals surface area contributed by atoms with E-state index in [4.69, 9.17) is 19.9 Å². The molecule has 2 aromatic carbocycles. The molecule has 0 aromatic heterocycles. The summed E-state index contributed by atoms with van der Waals surface area (Å²) in [6.07, 6.45) is -4.53. The third kappa shape index (κ3) is 3.81. The van der Waals surface area contributed by atoms with E-state index in [-0.39, 0.29) is 40.8 Å². The van der Waals surface area contributed by atoms with Crippen LogP contribution in [-0.2, 0) is 20.7 Å². The third-order valence-corrected chi connectivity index (χ3v) is 7.80. The van der Waals surface area contributed by atoms with Gasteiger partial charge in [-0.05, 0) is 19.9 Å². The fourth-order valence-electron chi connectivity index (χ4n) is 5.66. The first-order valence-electron chi connectivity index (χ1n) is 12.2. The molecule has 1 heterocycles. The van der Waals surface area contributed by atoms with E-state index in [1.54, 1.807) is 6.92 Å². The lowest BCUT2D eigenvalue weighted by Gasteiger charge is -2.42. The van der Waals surface area contributed by atoms with Gasteiger partial charge in [0.25, 0.3) is 0 Å². The molecule has 0 bridgehead atoms. The minimum Gasteiger partial charge on any atom is -0.507 e. The minimum atomic E-state index is -2.00.